The Kier molecular flexibility index (Phi) is 6.77. The quantitative estimate of drug-likeness (QED) is 0.674. The van der Waals surface area contributed by atoms with Crippen LogP contribution in [0.4, 0.5) is 0 Å². The number of hydrogen-bond donors (Lipinski definition) is 2. The molecule has 0 amide bonds. The zero-order valence-electron chi connectivity index (χ0n) is 10.7. The van der Waals surface area contributed by atoms with Crippen LogP contribution in [-0.4, -0.2) is 34.0 Å². The zero-order chi connectivity index (χ0) is 13.4. The van der Waals surface area contributed by atoms with Crippen molar-refractivity contribution >= 4 is 21.8 Å². The van der Waals surface area contributed by atoms with Crippen LogP contribution in [0.1, 0.15) is 18.6 Å². The molecule has 7 heteroatoms. The molecule has 1 aromatic rings. The summed E-state index contributed by atoms with van der Waals surface area (Å²) >= 11 is 1.76. The Labute approximate surface area is 113 Å². The van der Waals surface area contributed by atoms with Gasteiger partial charge < -0.3 is 9.73 Å². The molecule has 0 saturated carbocycles. The molecule has 0 aliphatic carbocycles. The van der Waals surface area contributed by atoms with Crippen molar-refractivity contribution in [1.29, 1.82) is 0 Å². The van der Waals surface area contributed by atoms with E-state index in [4.69, 9.17) is 4.42 Å². The molecule has 0 fully saturated rings. The third-order valence-electron chi connectivity index (χ3n) is 2.32. The highest BCUT2D eigenvalue weighted by Crippen LogP contribution is 2.13. The van der Waals surface area contributed by atoms with Crippen LogP contribution in [0.15, 0.2) is 21.6 Å². The highest BCUT2D eigenvalue weighted by Gasteiger charge is 2.17. The van der Waals surface area contributed by atoms with Gasteiger partial charge in [-0.2, -0.15) is 11.8 Å². The van der Waals surface area contributed by atoms with E-state index in [1.165, 1.54) is 6.07 Å². The van der Waals surface area contributed by atoms with E-state index in [9.17, 15) is 8.42 Å². The predicted molar refractivity (Wildman–Crippen MR) is 74.3 cm³/mol. The van der Waals surface area contributed by atoms with E-state index in [2.05, 4.69) is 10.0 Å². The maximum absolute atomic E-state index is 11.9. The van der Waals surface area contributed by atoms with Crippen LogP contribution in [0.5, 0.6) is 0 Å². The summed E-state index contributed by atoms with van der Waals surface area (Å²) in [5.74, 6) is 1.66. The summed E-state index contributed by atoms with van der Waals surface area (Å²) in [5.41, 5.74) is 0. The predicted octanol–water partition coefficient (Wildman–Crippen LogP) is 1.42. The first-order valence-corrected chi connectivity index (χ1v) is 8.70. The minimum absolute atomic E-state index is 0.0161. The first-order chi connectivity index (χ1) is 8.60. The fourth-order valence-electron chi connectivity index (χ4n) is 1.42. The summed E-state index contributed by atoms with van der Waals surface area (Å²) in [6, 6.07) is 3.15. The number of furan rings is 1. The van der Waals surface area contributed by atoms with Crippen LogP contribution in [-0.2, 0) is 16.6 Å². The summed E-state index contributed by atoms with van der Waals surface area (Å²) < 4.78 is 31.5. The van der Waals surface area contributed by atoms with E-state index >= 15 is 0 Å². The van der Waals surface area contributed by atoms with Crippen LogP contribution >= 0.6 is 11.8 Å². The van der Waals surface area contributed by atoms with Crippen molar-refractivity contribution in [2.75, 3.05) is 25.6 Å². The van der Waals surface area contributed by atoms with E-state index in [0.29, 0.717) is 18.8 Å². The van der Waals surface area contributed by atoms with Crippen molar-refractivity contribution < 1.29 is 12.8 Å². The van der Waals surface area contributed by atoms with Crippen LogP contribution < -0.4 is 10.0 Å². The van der Waals surface area contributed by atoms with Gasteiger partial charge in [-0.05, 0) is 44.0 Å². The smallest absolute Gasteiger partial charge is 0.273 e. The number of hydrogen-bond acceptors (Lipinski definition) is 5. The lowest BCUT2D eigenvalue weighted by molar-refractivity contribution is 0.404. The van der Waals surface area contributed by atoms with Gasteiger partial charge in [-0.25, -0.2) is 13.1 Å². The Bertz CT molecular complexity index is 443. The molecule has 18 heavy (non-hydrogen) atoms. The lowest BCUT2D eigenvalue weighted by Crippen LogP contribution is -2.24. The summed E-state index contributed by atoms with van der Waals surface area (Å²) in [6.07, 6.45) is 3.88. The number of rotatable bonds is 9. The van der Waals surface area contributed by atoms with E-state index < -0.39 is 10.0 Å². The topological polar surface area (TPSA) is 71.3 Å². The van der Waals surface area contributed by atoms with Gasteiger partial charge >= 0.3 is 0 Å². The van der Waals surface area contributed by atoms with Crippen molar-refractivity contribution in [3.8, 4) is 0 Å². The number of thioether (sulfide) groups is 1. The van der Waals surface area contributed by atoms with Crippen LogP contribution in [0.2, 0.25) is 0 Å². The molecule has 0 spiro atoms. The third kappa shape index (κ3) is 5.01. The lowest BCUT2D eigenvalue weighted by atomic mass is 10.3. The van der Waals surface area contributed by atoms with Gasteiger partial charge in [0.05, 0.1) is 6.54 Å². The molecule has 0 aliphatic rings. The highest BCUT2D eigenvalue weighted by atomic mass is 32.2. The van der Waals surface area contributed by atoms with Gasteiger partial charge in [-0.1, -0.05) is 0 Å². The fourth-order valence-corrected chi connectivity index (χ4v) is 2.93. The molecule has 1 aromatic heterocycles. The van der Waals surface area contributed by atoms with Crippen LogP contribution in [0, 0.1) is 0 Å². The number of sulfonamides is 1. The molecule has 104 valence electrons. The van der Waals surface area contributed by atoms with Crippen molar-refractivity contribution in [2.24, 2.45) is 0 Å². The Hall–Kier alpha value is -0.500. The second kappa shape index (κ2) is 7.83. The minimum Gasteiger partial charge on any atom is -0.447 e. The molecule has 0 saturated heterocycles. The molecule has 5 nitrogen and oxygen atoms in total. The summed E-state index contributed by atoms with van der Waals surface area (Å²) in [4.78, 5) is 0. The second-order valence-corrected chi connectivity index (χ2v) is 6.53. The van der Waals surface area contributed by atoms with Crippen molar-refractivity contribution in [3.05, 3.63) is 17.9 Å². The largest absolute Gasteiger partial charge is 0.447 e. The normalized spacial score (nSPS) is 11.9. The van der Waals surface area contributed by atoms with Gasteiger partial charge in [0, 0.05) is 6.54 Å². The molecule has 0 aromatic carbocycles. The van der Waals surface area contributed by atoms with Gasteiger partial charge in [0.2, 0.25) is 5.09 Å². The van der Waals surface area contributed by atoms with Crippen molar-refractivity contribution in [3.63, 3.8) is 0 Å². The maximum Gasteiger partial charge on any atom is 0.273 e. The van der Waals surface area contributed by atoms with Crippen molar-refractivity contribution in [2.45, 2.75) is 24.5 Å². The maximum atomic E-state index is 11.9. The standard InChI is InChI=1S/C11H20N2O3S2/c1-12-9-10-5-6-11(16-10)18(14,15)13-7-3-4-8-17-2/h5-6,12-13H,3-4,7-9H2,1-2H3. The molecule has 0 bridgehead atoms. The summed E-state index contributed by atoms with van der Waals surface area (Å²) in [7, 11) is -1.72. The molecule has 0 atom stereocenters. The third-order valence-corrected chi connectivity index (χ3v) is 4.35. The van der Waals surface area contributed by atoms with Crippen LogP contribution in [0.25, 0.3) is 0 Å². The average Bonchev–Trinajstić information content (AvgIpc) is 2.79. The average molecular weight is 292 g/mol. The Morgan fingerprint density at radius 3 is 2.78 bits per heavy atom. The fraction of sp³-hybridized carbons (Fsp3) is 0.636. The zero-order valence-corrected chi connectivity index (χ0v) is 12.4. The van der Waals surface area contributed by atoms with Gasteiger partial charge in [-0.3, -0.25) is 0 Å². The number of nitrogens with one attached hydrogen (secondary N) is 2. The summed E-state index contributed by atoms with van der Waals surface area (Å²) in [6.45, 7) is 0.966. The van der Waals surface area contributed by atoms with E-state index in [0.717, 1.165) is 18.6 Å². The molecule has 2 N–H and O–H groups in total. The number of unbranched alkanes of at least 4 members (excludes halogenated alkanes) is 1. The van der Waals surface area contributed by atoms with Gasteiger partial charge in [-0.15, -0.1) is 0 Å². The highest BCUT2D eigenvalue weighted by molar-refractivity contribution is 7.98. The van der Waals surface area contributed by atoms with E-state index in [1.54, 1.807) is 24.9 Å². The molecule has 0 radical (unpaired) electrons. The van der Waals surface area contributed by atoms with Gasteiger partial charge in [0.1, 0.15) is 5.76 Å². The van der Waals surface area contributed by atoms with Gasteiger partial charge in [0.25, 0.3) is 10.0 Å². The first kappa shape index (κ1) is 15.6. The monoisotopic (exact) mass is 292 g/mol. The molecular weight excluding hydrogens is 272 g/mol. The Morgan fingerprint density at radius 2 is 2.11 bits per heavy atom. The van der Waals surface area contributed by atoms with E-state index in [1.807, 2.05) is 6.26 Å². The minimum atomic E-state index is -3.50. The molecule has 1 heterocycles. The SMILES string of the molecule is CNCc1ccc(S(=O)(=O)NCCCCSC)o1. The molecule has 0 aliphatic heterocycles. The van der Waals surface area contributed by atoms with Gasteiger partial charge in [0.15, 0.2) is 0 Å². The Balaban J connectivity index is 2.46. The Morgan fingerprint density at radius 1 is 1.33 bits per heavy atom. The second-order valence-electron chi connectivity index (χ2n) is 3.85. The molecule has 1 rings (SSSR count). The first-order valence-electron chi connectivity index (χ1n) is 5.82. The van der Waals surface area contributed by atoms with E-state index in [-0.39, 0.29) is 5.09 Å². The summed E-state index contributed by atoms with van der Waals surface area (Å²) in [5, 5.41) is 2.89. The van der Waals surface area contributed by atoms with Crippen molar-refractivity contribution in [1.82, 2.24) is 10.0 Å². The molecule has 0 unspecified atom stereocenters. The molecular formula is C11H20N2O3S2. The lowest BCUT2D eigenvalue weighted by Gasteiger charge is -2.03. The van der Waals surface area contributed by atoms with Crippen LogP contribution in [0.3, 0.4) is 0 Å².